The van der Waals surface area contributed by atoms with Gasteiger partial charge in [0, 0.05) is 5.57 Å². The maximum atomic E-state index is 5.09. The van der Waals surface area contributed by atoms with Gasteiger partial charge in [-0.15, -0.1) is 0 Å². The van der Waals surface area contributed by atoms with Crippen LogP contribution in [0.2, 0.25) is 0 Å². The Labute approximate surface area is 60.6 Å². The lowest BCUT2D eigenvalue weighted by atomic mass is 10.2. The van der Waals surface area contributed by atoms with Gasteiger partial charge in [-0.05, 0) is 20.8 Å². The number of rotatable bonds is 1. The number of aromatic nitrogens is 1. The molecule has 0 spiro atoms. The van der Waals surface area contributed by atoms with Gasteiger partial charge in [0.1, 0.15) is 6.26 Å². The van der Waals surface area contributed by atoms with Crippen molar-refractivity contribution in [3.63, 3.8) is 0 Å². The van der Waals surface area contributed by atoms with Gasteiger partial charge in [0.15, 0.2) is 0 Å². The topological polar surface area (TPSA) is 26.0 Å². The fourth-order valence-electron chi connectivity index (χ4n) is 0.623. The summed E-state index contributed by atoms with van der Waals surface area (Å²) in [6.45, 7) is 6.08. The summed E-state index contributed by atoms with van der Waals surface area (Å²) in [5.74, 6) is 0.722. The van der Waals surface area contributed by atoms with E-state index >= 15 is 0 Å². The molecule has 1 aromatic heterocycles. The van der Waals surface area contributed by atoms with E-state index in [4.69, 9.17) is 4.42 Å². The Morgan fingerprint density at radius 2 is 2.10 bits per heavy atom. The second-order valence-corrected chi connectivity index (χ2v) is 2.46. The highest BCUT2D eigenvalue weighted by Crippen LogP contribution is 2.14. The van der Waals surface area contributed by atoms with Gasteiger partial charge in [-0.2, -0.15) is 0 Å². The number of nitrogens with zero attached hydrogens (tertiary/aromatic N) is 1. The molecule has 0 aromatic carbocycles. The molecule has 2 heteroatoms. The number of hydrogen-bond acceptors (Lipinski definition) is 2. The molecular weight excluding hydrogens is 126 g/mol. The van der Waals surface area contributed by atoms with Crippen molar-refractivity contribution in [2.75, 3.05) is 0 Å². The average molecular weight is 137 g/mol. The molecule has 1 heterocycles. The fraction of sp³-hybridized carbons (Fsp3) is 0.375. The lowest BCUT2D eigenvalue weighted by Gasteiger charge is -1.95. The van der Waals surface area contributed by atoms with Gasteiger partial charge in [0.05, 0.1) is 6.20 Å². The Morgan fingerprint density at radius 3 is 2.50 bits per heavy atom. The Balaban J connectivity index is 2.99. The van der Waals surface area contributed by atoms with Crippen molar-refractivity contribution in [2.45, 2.75) is 20.8 Å². The van der Waals surface area contributed by atoms with Crippen LogP contribution in [0.15, 0.2) is 22.5 Å². The minimum atomic E-state index is 0.722. The van der Waals surface area contributed by atoms with Gasteiger partial charge < -0.3 is 4.42 Å². The van der Waals surface area contributed by atoms with Gasteiger partial charge in [0.2, 0.25) is 5.89 Å². The highest BCUT2D eigenvalue weighted by atomic mass is 16.3. The van der Waals surface area contributed by atoms with Crippen molar-refractivity contribution < 1.29 is 4.42 Å². The molecule has 0 radical (unpaired) electrons. The monoisotopic (exact) mass is 137 g/mol. The summed E-state index contributed by atoms with van der Waals surface area (Å²) in [6, 6.07) is 0. The second kappa shape index (κ2) is 2.69. The zero-order valence-corrected chi connectivity index (χ0v) is 6.51. The normalized spacial score (nSPS) is 9.50. The summed E-state index contributed by atoms with van der Waals surface area (Å²) in [5, 5.41) is 0. The molecule has 0 N–H and O–H groups in total. The Morgan fingerprint density at radius 1 is 1.40 bits per heavy atom. The molecule has 0 fully saturated rings. The number of allylic oxidation sites excluding steroid dienone is 2. The minimum Gasteiger partial charge on any atom is -0.445 e. The van der Waals surface area contributed by atoms with Crippen molar-refractivity contribution >= 4 is 5.57 Å². The van der Waals surface area contributed by atoms with E-state index in [9.17, 15) is 0 Å². The maximum absolute atomic E-state index is 5.09. The van der Waals surface area contributed by atoms with Crippen molar-refractivity contribution in [3.8, 4) is 0 Å². The second-order valence-electron chi connectivity index (χ2n) is 2.46. The first-order valence-corrected chi connectivity index (χ1v) is 3.25. The van der Waals surface area contributed by atoms with Crippen LogP contribution < -0.4 is 0 Å². The maximum Gasteiger partial charge on any atom is 0.221 e. The molecule has 2 nitrogen and oxygen atoms in total. The van der Waals surface area contributed by atoms with Crippen molar-refractivity contribution in [1.82, 2.24) is 4.98 Å². The van der Waals surface area contributed by atoms with E-state index in [0.29, 0.717) is 0 Å². The average Bonchev–Trinajstić information content (AvgIpc) is 2.36. The highest BCUT2D eigenvalue weighted by molar-refractivity contribution is 5.58. The molecule has 0 atom stereocenters. The lowest BCUT2D eigenvalue weighted by Crippen LogP contribution is -1.80. The lowest BCUT2D eigenvalue weighted by molar-refractivity contribution is 0.541. The van der Waals surface area contributed by atoms with Crippen molar-refractivity contribution in [1.29, 1.82) is 0 Å². The summed E-state index contributed by atoms with van der Waals surface area (Å²) in [4.78, 5) is 4.01. The van der Waals surface area contributed by atoms with Gasteiger partial charge >= 0.3 is 0 Å². The third-order valence-corrected chi connectivity index (χ3v) is 1.50. The van der Waals surface area contributed by atoms with E-state index in [1.54, 1.807) is 12.5 Å². The quantitative estimate of drug-likeness (QED) is 0.594. The molecule has 0 bridgehead atoms. The summed E-state index contributed by atoms with van der Waals surface area (Å²) >= 11 is 0. The molecule has 0 aliphatic carbocycles. The van der Waals surface area contributed by atoms with Crippen LogP contribution in [0.5, 0.6) is 0 Å². The molecule has 1 rings (SSSR count). The SMILES string of the molecule is CC(C)=C(C)c1ncco1. The summed E-state index contributed by atoms with van der Waals surface area (Å²) in [7, 11) is 0. The molecular formula is C8H11NO. The van der Waals surface area contributed by atoms with E-state index in [-0.39, 0.29) is 0 Å². The Bertz CT molecular complexity index is 230. The standard InChI is InChI=1S/C8H11NO/c1-6(2)7(3)8-9-4-5-10-8/h4-5H,1-3H3. The summed E-state index contributed by atoms with van der Waals surface area (Å²) < 4.78 is 5.09. The Kier molecular flexibility index (Phi) is 1.90. The first kappa shape index (κ1) is 7.06. The molecule has 1 aromatic rings. The van der Waals surface area contributed by atoms with Crippen LogP contribution in [-0.4, -0.2) is 4.98 Å². The number of hydrogen-bond donors (Lipinski definition) is 0. The van der Waals surface area contributed by atoms with E-state index in [2.05, 4.69) is 4.98 Å². The first-order chi connectivity index (χ1) is 4.72. The third-order valence-electron chi connectivity index (χ3n) is 1.50. The van der Waals surface area contributed by atoms with Crippen LogP contribution in [0.25, 0.3) is 5.57 Å². The van der Waals surface area contributed by atoms with Crippen molar-refractivity contribution in [3.05, 3.63) is 23.9 Å². The van der Waals surface area contributed by atoms with Crippen LogP contribution in [0.4, 0.5) is 0 Å². The fourth-order valence-corrected chi connectivity index (χ4v) is 0.623. The Hall–Kier alpha value is -1.05. The summed E-state index contributed by atoms with van der Waals surface area (Å²) in [5.41, 5.74) is 2.35. The van der Waals surface area contributed by atoms with Crippen LogP contribution >= 0.6 is 0 Å². The number of oxazole rings is 1. The minimum absolute atomic E-state index is 0.722. The highest BCUT2D eigenvalue weighted by Gasteiger charge is 1.99. The molecule has 0 unspecified atom stereocenters. The largest absolute Gasteiger partial charge is 0.445 e. The van der Waals surface area contributed by atoms with Gasteiger partial charge in [-0.1, -0.05) is 5.57 Å². The van der Waals surface area contributed by atoms with Gasteiger partial charge in [-0.25, -0.2) is 4.98 Å². The molecule has 0 amide bonds. The van der Waals surface area contributed by atoms with Crippen LogP contribution in [0, 0.1) is 0 Å². The molecule has 54 valence electrons. The van der Waals surface area contributed by atoms with Crippen LogP contribution in [0.3, 0.4) is 0 Å². The summed E-state index contributed by atoms with van der Waals surface area (Å²) in [6.07, 6.45) is 3.24. The zero-order valence-electron chi connectivity index (χ0n) is 6.51. The van der Waals surface area contributed by atoms with Crippen LogP contribution in [-0.2, 0) is 0 Å². The molecule has 0 saturated heterocycles. The van der Waals surface area contributed by atoms with Gasteiger partial charge in [-0.3, -0.25) is 0 Å². The molecule has 0 saturated carbocycles. The van der Waals surface area contributed by atoms with E-state index < -0.39 is 0 Å². The van der Waals surface area contributed by atoms with Crippen LogP contribution in [0.1, 0.15) is 26.7 Å². The first-order valence-electron chi connectivity index (χ1n) is 3.25. The van der Waals surface area contributed by atoms with Gasteiger partial charge in [0.25, 0.3) is 0 Å². The predicted octanol–water partition coefficient (Wildman–Crippen LogP) is 2.49. The smallest absolute Gasteiger partial charge is 0.221 e. The van der Waals surface area contributed by atoms with E-state index in [1.807, 2.05) is 20.8 Å². The molecule has 0 aliphatic heterocycles. The predicted molar refractivity (Wildman–Crippen MR) is 40.4 cm³/mol. The zero-order chi connectivity index (χ0) is 7.56. The third kappa shape index (κ3) is 1.26. The van der Waals surface area contributed by atoms with E-state index in [1.165, 1.54) is 5.57 Å². The van der Waals surface area contributed by atoms with Crippen molar-refractivity contribution in [2.24, 2.45) is 0 Å². The molecule has 0 aliphatic rings. The molecule has 10 heavy (non-hydrogen) atoms. The van der Waals surface area contributed by atoms with E-state index in [0.717, 1.165) is 11.5 Å².